The largest absolute Gasteiger partial charge is 0.462 e. The van der Waals surface area contributed by atoms with E-state index in [1.54, 1.807) is 26.0 Å². The highest BCUT2D eigenvalue weighted by atomic mass is 19.1. The highest BCUT2D eigenvalue weighted by molar-refractivity contribution is 5.98. The van der Waals surface area contributed by atoms with Gasteiger partial charge < -0.3 is 4.74 Å². The molecule has 6 nitrogen and oxygen atoms in total. The van der Waals surface area contributed by atoms with E-state index < -0.39 is 22.4 Å². The molecule has 1 aromatic heterocycles. The Labute approximate surface area is 125 Å². The SMILES string of the molecule is CCOC(=O)c1cc([N+](=O)[O-])cc(F)c1-c1ccc(C)nc1. The Bertz CT molecular complexity index is 729. The molecule has 0 saturated carbocycles. The van der Waals surface area contributed by atoms with E-state index in [0.717, 1.165) is 17.8 Å². The Morgan fingerprint density at radius 1 is 1.41 bits per heavy atom. The molecule has 7 heteroatoms. The van der Waals surface area contributed by atoms with Crippen molar-refractivity contribution in [1.82, 2.24) is 4.98 Å². The minimum atomic E-state index is -0.872. The van der Waals surface area contributed by atoms with Crippen molar-refractivity contribution in [3.05, 3.63) is 57.7 Å². The number of carbonyl (C=O) groups excluding carboxylic acids is 1. The van der Waals surface area contributed by atoms with Crippen LogP contribution in [0.3, 0.4) is 0 Å². The van der Waals surface area contributed by atoms with Gasteiger partial charge in [-0.25, -0.2) is 9.18 Å². The molecule has 0 N–H and O–H groups in total. The summed E-state index contributed by atoms with van der Waals surface area (Å²) in [5.41, 5.74) is 0.310. The molecule has 2 aromatic rings. The lowest BCUT2D eigenvalue weighted by molar-refractivity contribution is -0.385. The topological polar surface area (TPSA) is 82.3 Å². The number of benzene rings is 1. The van der Waals surface area contributed by atoms with Crippen LogP contribution in [0.25, 0.3) is 11.1 Å². The van der Waals surface area contributed by atoms with Gasteiger partial charge in [0.15, 0.2) is 0 Å². The first-order valence-electron chi connectivity index (χ1n) is 6.52. The highest BCUT2D eigenvalue weighted by Gasteiger charge is 2.23. The Morgan fingerprint density at radius 2 is 2.14 bits per heavy atom. The van der Waals surface area contributed by atoms with Gasteiger partial charge >= 0.3 is 5.97 Å². The van der Waals surface area contributed by atoms with Crippen molar-refractivity contribution in [3.63, 3.8) is 0 Å². The number of aromatic nitrogens is 1. The van der Waals surface area contributed by atoms with Crippen LogP contribution < -0.4 is 0 Å². The lowest BCUT2D eigenvalue weighted by Crippen LogP contribution is -2.09. The number of non-ortho nitro benzene ring substituents is 1. The Balaban J connectivity index is 2.67. The van der Waals surface area contributed by atoms with Gasteiger partial charge in [-0.05, 0) is 19.9 Å². The van der Waals surface area contributed by atoms with Gasteiger partial charge in [-0.2, -0.15) is 0 Å². The normalized spacial score (nSPS) is 10.3. The van der Waals surface area contributed by atoms with E-state index in [2.05, 4.69) is 4.98 Å². The van der Waals surface area contributed by atoms with E-state index in [-0.39, 0.29) is 17.7 Å². The molecule has 114 valence electrons. The second-order valence-corrected chi connectivity index (χ2v) is 4.52. The predicted octanol–water partition coefficient (Wildman–Crippen LogP) is 3.28. The fourth-order valence-electron chi connectivity index (χ4n) is 1.98. The predicted molar refractivity (Wildman–Crippen MR) is 77.0 cm³/mol. The van der Waals surface area contributed by atoms with Gasteiger partial charge in [0.2, 0.25) is 0 Å². The highest BCUT2D eigenvalue weighted by Crippen LogP contribution is 2.31. The molecule has 0 unspecified atom stereocenters. The smallest absolute Gasteiger partial charge is 0.339 e. The van der Waals surface area contributed by atoms with Gasteiger partial charge in [0.1, 0.15) is 5.82 Å². The van der Waals surface area contributed by atoms with Crippen LogP contribution in [0.1, 0.15) is 23.0 Å². The van der Waals surface area contributed by atoms with Gasteiger partial charge in [-0.15, -0.1) is 0 Å². The number of nitrogens with zero attached hydrogens (tertiary/aromatic N) is 2. The molecule has 0 spiro atoms. The van der Waals surface area contributed by atoms with Crippen molar-refractivity contribution in [3.8, 4) is 11.1 Å². The van der Waals surface area contributed by atoms with E-state index >= 15 is 0 Å². The van der Waals surface area contributed by atoms with Crippen LogP contribution >= 0.6 is 0 Å². The second-order valence-electron chi connectivity index (χ2n) is 4.52. The number of carbonyl (C=O) groups is 1. The molecule has 0 aliphatic carbocycles. The molecule has 0 fully saturated rings. The summed E-state index contributed by atoms with van der Waals surface area (Å²) in [4.78, 5) is 26.1. The van der Waals surface area contributed by atoms with Crippen LogP contribution in [-0.4, -0.2) is 22.5 Å². The van der Waals surface area contributed by atoms with Crippen molar-refractivity contribution >= 4 is 11.7 Å². The van der Waals surface area contributed by atoms with Crippen molar-refractivity contribution in [2.24, 2.45) is 0 Å². The lowest BCUT2D eigenvalue weighted by Gasteiger charge is -2.10. The Morgan fingerprint density at radius 3 is 2.68 bits per heavy atom. The molecule has 22 heavy (non-hydrogen) atoms. The van der Waals surface area contributed by atoms with Gasteiger partial charge in [0.05, 0.1) is 23.2 Å². The summed E-state index contributed by atoms with van der Waals surface area (Å²) in [6.45, 7) is 3.44. The minimum absolute atomic E-state index is 0.0587. The van der Waals surface area contributed by atoms with Gasteiger partial charge in [0.25, 0.3) is 5.69 Å². The zero-order valence-electron chi connectivity index (χ0n) is 12.0. The number of ether oxygens (including phenoxy) is 1. The van der Waals surface area contributed by atoms with Crippen LogP contribution in [0, 0.1) is 22.9 Å². The summed E-state index contributed by atoms with van der Waals surface area (Å²) in [5.74, 6) is -1.69. The van der Waals surface area contributed by atoms with E-state index in [0.29, 0.717) is 5.56 Å². The Hall–Kier alpha value is -2.83. The maximum atomic E-state index is 14.3. The third kappa shape index (κ3) is 3.08. The number of nitro groups is 1. The number of aryl methyl sites for hydroxylation is 1. The van der Waals surface area contributed by atoms with E-state index in [4.69, 9.17) is 4.74 Å². The van der Waals surface area contributed by atoms with Crippen LogP contribution in [0.5, 0.6) is 0 Å². The zero-order valence-corrected chi connectivity index (χ0v) is 12.0. The summed E-state index contributed by atoms with van der Waals surface area (Å²) in [5, 5.41) is 10.9. The monoisotopic (exact) mass is 304 g/mol. The number of rotatable bonds is 4. The molecule has 0 aliphatic rings. The lowest BCUT2D eigenvalue weighted by atomic mass is 9.99. The van der Waals surface area contributed by atoms with Crippen molar-refractivity contribution < 1.29 is 18.8 Å². The van der Waals surface area contributed by atoms with Crippen molar-refractivity contribution in [2.45, 2.75) is 13.8 Å². The molecule has 0 bridgehead atoms. The number of hydrogen-bond donors (Lipinski definition) is 0. The molecule has 0 amide bonds. The molecule has 0 saturated heterocycles. The number of esters is 1. The van der Waals surface area contributed by atoms with E-state index in [1.165, 1.54) is 6.20 Å². The second kappa shape index (κ2) is 6.30. The molecule has 0 radical (unpaired) electrons. The quantitative estimate of drug-likeness (QED) is 0.492. The molecule has 2 rings (SSSR count). The maximum absolute atomic E-state index is 14.3. The average molecular weight is 304 g/mol. The number of halogens is 1. The van der Waals surface area contributed by atoms with E-state index in [9.17, 15) is 19.3 Å². The maximum Gasteiger partial charge on any atom is 0.339 e. The third-order valence-electron chi connectivity index (χ3n) is 2.98. The number of nitro benzene ring substituents is 1. The van der Waals surface area contributed by atoms with Crippen molar-refractivity contribution in [1.29, 1.82) is 0 Å². The molecular weight excluding hydrogens is 291 g/mol. The summed E-state index contributed by atoms with van der Waals surface area (Å²) < 4.78 is 19.2. The standard InChI is InChI=1S/C15H13FN2O4/c1-3-22-15(19)12-6-11(18(20)21)7-13(16)14(12)10-5-4-9(2)17-8-10/h4-8H,3H2,1-2H3. The van der Waals surface area contributed by atoms with Crippen LogP contribution in [0.2, 0.25) is 0 Å². The minimum Gasteiger partial charge on any atom is -0.462 e. The summed E-state index contributed by atoms with van der Waals surface area (Å²) in [7, 11) is 0. The molecular formula is C15H13FN2O4. The van der Waals surface area contributed by atoms with Gasteiger partial charge in [-0.3, -0.25) is 15.1 Å². The molecule has 0 aliphatic heterocycles. The van der Waals surface area contributed by atoms with Gasteiger partial charge in [-0.1, -0.05) is 6.07 Å². The van der Waals surface area contributed by atoms with Crippen LogP contribution in [0.4, 0.5) is 10.1 Å². The fraction of sp³-hybridized carbons (Fsp3) is 0.200. The third-order valence-corrected chi connectivity index (χ3v) is 2.98. The molecule has 1 heterocycles. The first-order valence-corrected chi connectivity index (χ1v) is 6.52. The average Bonchev–Trinajstić information content (AvgIpc) is 2.47. The van der Waals surface area contributed by atoms with Crippen LogP contribution in [0.15, 0.2) is 30.5 Å². The van der Waals surface area contributed by atoms with Crippen LogP contribution in [-0.2, 0) is 4.74 Å². The first-order chi connectivity index (χ1) is 10.4. The summed E-state index contributed by atoms with van der Waals surface area (Å²) in [6.07, 6.45) is 1.41. The number of pyridine rings is 1. The molecule has 1 aromatic carbocycles. The fourth-order valence-corrected chi connectivity index (χ4v) is 1.98. The Kier molecular flexibility index (Phi) is 4.45. The summed E-state index contributed by atoms with van der Waals surface area (Å²) >= 11 is 0. The number of hydrogen-bond acceptors (Lipinski definition) is 5. The van der Waals surface area contributed by atoms with Crippen molar-refractivity contribution in [2.75, 3.05) is 6.61 Å². The summed E-state index contributed by atoms with van der Waals surface area (Å²) in [6, 6.07) is 5.04. The first kappa shape index (κ1) is 15.6. The van der Waals surface area contributed by atoms with E-state index in [1.807, 2.05) is 0 Å². The molecule has 0 atom stereocenters. The zero-order chi connectivity index (χ0) is 16.3. The van der Waals surface area contributed by atoms with Gasteiger partial charge in [0, 0.05) is 29.1 Å².